The second kappa shape index (κ2) is 3.32. The first kappa shape index (κ1) is 8.68. The van der Waals surface area contributed by atoms with Crippen LogP contribution in [0, 0.1) is 12.7 Å². The fourth-order valence-electron chi connectivity index (χ4n) is 0.907. The summed E-state index contributed by atoms with van der Waals surface area (Å²) in [7, 11) is 0. The van der Waals surface area contributed by atoms with Gasteiger partial charge in [0.05, 0.1) is 4.47 Å². The van der Waals surface area contributed by atoms with Gasteiger partial charge < -0.3 is 5.73 Å². The molecule has 0 saturated carbocycles. The van der Waals surface area contributed by atoms with Crippen molar-refractivity contribution in [3.8, 4) is 0 Å². The van der Waals surface area contributed by atoms with Crippen molar-refractivity contribution in [2.45, 2.75) is 13.5 Å². The van der Waals surface area contributed by atoms with Crippen molar-refractivity contribution >= 4 is 15.9 Å². The molecule has 0 bridgehead atoms. The van der Waals surface area contributed by atoms with Gasteiger partial charge in [0.1, 0.15) is 5.82 Å². The Labute approximate surface area is 73.5 Å². The quantitative estimate of drug-likeness (QED) is 0.769. The van der Waals surface area contributed by atoms with Crippen LogP contribution in [0.15, 0.2) is 16.6 Å². The third kappa shape index (κ3) is 1.79. The van der Waals surface area contributed by atoms with Crippen molar-refractivity contribution in [1.29, 1.82) is 0 Å². The highest BCUT2D eigenvalue weighted by atomic mass is 79.9. The van der Waals surface area contributed by atoms with E-state index in [4.69, 9.17) is 5.73 Å². The first-order valence-electron chi connectivity index (χ1n) is 3.29. The molecule has 3 heteroatoms. The SMILES string of the molecule is Cc1cc(Br)c(F)cc1CN. The maximum Gasteiger partial charge on any atom is 0.137 e. The lowest BCUT2D eigenvalue weighted by Gasteiger charge is -2.03. The second-order valence-electron chi connectivity index (χ2n) is 2.40. The van der Waals surface area contributed by atoms with E-state index in [9.17, 15) is 4.39 Å². The highest BCUT2D eigenvalue weighted by molar-refractivity contribution is 9.10. The molecule has 0 aliphatic carbocycles. The van der Waals surface area contributed by atoms with E-state index in [0.29, 0.717) is 11.0 Å². The molecule has 0 heterocycles. The van der Waals surface area contributed by atoms with Crippen LogP contribution in [0.25, 0.3) is 0 Å². The Balaban J connectivity index is 3.21. The molecule has 1 nitrogen and oxygen atoms in total. The molecule has 0 radical (unpaired) electrons. The number of halogens is 2. The molecular formula is C8H9BrFN. The zero-order chi connectivity index (χ0) is 8.43. The van der Waals surface area contributed by atoms with Gasteiger partial charge in [0.2, 0.25) is 0 Å². The molecule has 0 aromatic heterocycles. The van der Waals surface area contributed by atoms with Gasteiger partial charge in [-0.2, -0.15) is 0 Å². The summed E-state index contributed by atoms with van der Waals surface area (Å²) in [6.45, 7) is 2.29. The molecule has 11 heavy (non-hydrogen) atoms. The summed E-state index contributed by atoms with van der Waals surface area (Å²) in [4.78, 5) is 0. The fourth-order valence-corrected chi connectivity index (χ4v) is 1.37. The molecule has 0 unspecified atom stereocenters. The van der Waals surface area contributed by atoms with Gasteiger partial charge in [0, 0.05) is 6.54 Å². The molecule has 0 aliphatic heterocycles. The van der Waals surface area contributed by atoms with Crippen LogP contribution >= 0.6 is 15.9 Å². The average Bonchev–Trinajstić information content (AvgIpc) is 1.97. The van der Waals surface area contributed by atoms with Gasteiger partial charge in [-0.05, 0) is 46.1 Å². The normalized spacial score (nSPS) is 10.2. The smallest absolute Gasteiger partial charge is 0.137 e. The maximum absolute atomic E-state index is 12.8. The van der Waals surface area contributed by atoms with E-state index in [-0.39, 0.29) is 5.82 Å². The van der Waals surface area contributed by atoms with Gasteiger partial charge in [-0.25, -0.2) is 4.39 Å². The maximum atomic E-state index is 12.8. The summed E-state index contributed by atoms with van der Waals surface area (Å²) in [5.74, 6) is -0.254. The van der Waals surface area contributed by atoms with E-state index in [2.05, 4.69) is 15.9 Å². The molecule has 0 atom stereocenters. The Bertz CT molecular complexity index is 273. The highest BCUT2D eigenvalue weighted by Crippen LogP contribution is 2.19. The second-order valence-corrected chi connectivity index (χ2v) is 3.25. The van der Waals surface area contributed by atoms with Gasteiger partial charge >= 0.3 is 0 Å². The minimum absolute atomic E-state index is 0.254. The van der Waals surface area contributed by atoms with Crippen molar-refractivity contribution < 1.29 is 4.39 Å². The standard InChI is InChI=1S/C8H9BrFN/c1-5-2-7(9)8(10)3-6(5)4-11/h2-3H,4,11H2,1H3. The molecule has 1 aromatic carbocycles. The van der Waals surface area contributed by atoms with E-state index < -0.39 is 0 Å². The summed E-state index contributed by atoms with van der Waals surface area (Å²) in [6, 6.07) is 3.19. The summed E-state index contributed by atoms with van der Waals surface area (Å²) < 4.78 is 13.3. The van der Waals surface area contributed by atoms with Crippen LogP contribution in [0.1, 0.15) is 11.1 Å². The third-order valence-electron chi connectivity index (χ3n) is 1.60. The first-order valence-corrected chi connectivity index (χ1v) is 4.09. The third-order valence-corrected chi connectivity index (χ3v) is 2.21. The van der Waals surface area contributed by atoms with E-state index in [1.807, 2.05) is 6.92 Å². The summed E-state index contributed by atoms with van der Waals surface area (Å²) in [5.41, 5.74) is 7.25. The van der Waals surface area contributed by atoms with E-state index in [1.54, 1.807) is 6.07 Å². The lowest BCUT2D eigenvalue weighted by atomic mass is 10.1. The van der Waals surface area contributed by atoms with Crippen LogP contribution in [0.2, 0.25) is 0 Å². The molecule has 0 aliphatic rings. The van der Waals surface area contributed by atoms with Crippen molar-refractivity contribution in [1.82, 2.24) is 0 Å². The first-order chi connectivity index (χ1) is 5.15. The highest BCUT2D eigenvalue weighted by Gasteiger charge is 2.02. The molecule has 60 valence electrons. The number of nitrogens with two attached hydrogens (primary N) is 1. The lowest BCUT2D eigenvalue weighted by Crippen LogP contribution is -1.99. The van der Waals surface area contributed by atoms with Crippen LogP contribution in [-0.2, 0) is 6.54 Å². The van der Waals surface area contributed by atoms with Gasteiger partial charge in [-0.3, -0.25) is 0 Å². The summed E-state index contributed by atoms with van der Waals surface area (Å²) in [6.07, 6.45) is 0. The van der Waals surface area contributed by atoms with Crippen LogP contribution in [-0.4, -0.2) is 0 Å². The van der Waals surface area contributed by atoms with Gasteiger partial charge in [0.15, 0.2) is 0 Å². The summed E-state index contributed by atoms with van der Waals surface area (Å²) in [5, 5.41) is 0. The number of hydrogen-bond acceptors (Lipinski definition) is 1. The monoisotopic (exact) mass is 217 g/mol. The number of rotatable bonds is 1. The van der Waals surface area contributed by atoms with E-state index >= 15 is 0 Å². The topological polar surface area (TPSA) is 26.0 Å². The Hall–Kier alpha value is -0.410. The molecule has 2 N–H and O–H groups in total. The van der Waals surface area contributed by atoms with E-state index in [0.717, 1.165) is 11.1 Å². The molecule has 0 amide bonds. The molecule has 0 fully saturated rings. The van der Waals surface area contributed by atoms with Crippen LogP contribution in [0.4, 0.5) is 4.39 Å². The Morgan fingerprint density at radius 1 is 1.55 bits per heavy atom. The number of hydrogen-bond donors (Lipinski definition) is 1. The van der Waals surface area contributed by atoms with Gasteiger partial charge in [-0.15, -0.1) is 0 Å². The molecule has 1 aromatic rings. The Morgan fingerprint density at radius 3 is 2.73 bits per heavy atom. The predicted molar refractivity (Wildman–Crippen MR) is 46.7 cm³/mol. The average molecular weight is 218 g/mol. The van der Waals surface area contributed by atoms with Crippen molar-refractivity contribution in [2.75, 3.05) is 0 Å². The van der Waals surface area contributed by atoms with Crippen molar-refractivity contribution in [2.24, 2.45) is 5.73 Å². The lowest BCUT2D eigenvalue weighted by molar-refractivity contribution is 0.618. The van der Waals surface area contributed by atoms with Crippen molar-refractivity contribution in [3.05, 3.63) is 33.5 Å². The number of aryl methyl sites for hydroxylation is 1. The predicted octanol–water partition coefficient (Wildman–Crippen LogP) is 2.36. The Kier molecular flexibility index (Phi) is 2.62. The summed E-state index contributed by atoms with van der Waals surface area (Å²) >= 11 is 3.09. The molecule has 0 spiro atoms. The fraction of sp³-hybridized carbons (Fsp3) is 0.250. The van der Waals surface area contributed by atoms with Crippen LogP contribution in [0.3, 0.4) is 0 Å². The largest absolute Gasteiger partial charge is 0.326 e. The van der Waals surface area contributed by atoms with Crippen molar-refractivity contribution in [3.63, 3.8) is 0 Å². The van der Waals surface area contributed by atoms with E-state index in [1.165, 1.54) is 6.07 Å². The zero-order valence-electron chi connectivity index (χ0n) is 6.20. The number of benzene rings is 1. The van der Waals surface area contributed by atoms with Gasteiger partial charge in [0.25, 0.3) is 0 Å². The van der Waals surface area contributed by atoms with Gasteiger partial charge in [-0.1, -0.05) is 0 Å². The van der Waals surface area contributed by atoms with Crippen LogP contribution in [0.5, 0.6) is 0 Å². The molecule has 0 saturated heterocycles. The minimum Gasteiger partial charge on any atom is -0.326 e. The molecule has 1 rings (SSSR count). The minimum atomic E-state index is -0.254. The van der Waals surface area contributed by atoms with Crippen LogP contribution < -0.4 is 5.73 Å². The zero-order valence-corrected chi connectivity index (χ0v) is 7.78. The Morgan fingerprint density at radius 2 is 2.18 bits per heavy atom. The molecular weight excluding hydrogens is 209 g/mol.